The second-order valence-corrected chi connectivity index (χ2v) is 25.1. The molecule has 0 spiro atoms. The largest absolute Gasteiger partial charge is 0.456 e. The molecular formula is C25H41ClIN3O5Si2. The number of hydrogen-bond acceptors (Lipinski definition) is 7. The number of halogens is 2. The van der Waals surface area contributed by atoms with E-state index in [4.69, 9.17) is 39.6 Å². The Kier molecular flexibility index (Phi) is 8.51. The summed E-state index contributed by atoms with van der Waals surface area (Å²) in [6.45, 7) is 22.2. The first-order valence-corrected chi connectivity index (χ1v) is 19.9. The van der Waals surface area contributed by atoms with Crippen LogP contribution in [0.3, 0.4) is 0 Å². The van der Waals surface area contributed by atoms with Crippen molar-refractivity contribution < 1.29 is 23.1 Å². The first kappa shape index (κ1) is 29.7. The van der Waals surface area contributed by atoms with Crippen LogP contribution in [0.2, 0.25) is 40.8 Å². The first-order valence-electron chi connectivity index (χ1n) is 12.9. The van der Waals surface area contributed by atoms with Crippen LogP contribution in [-0.4, -0.2) is 69.3 Å². The number of aromatic nitrogens is 3. The SMILES string of the molecule is CC(C)(C)[Si]1(C(C)(C)C)OC[C@H]2OC[C@H](Oc3nc4nc(I)c(Cl)cc4n3COCC[Si](C)(C)C)[C@@H]2O1. The van der Waals surface area contributed by atoms with E-state index in [0.717, 1.165) is 11.6 Å². The fraction of sp³-hybridized carbons (Fsp3) is 0.760. The van der Waals surface area contributed by atoms with Crippen molar-refractivity contribution in [3.63, 3.8) is 0 Å². The molecule has 37 heavy (non-hydrogen) atoms. The van der Waals surface area contributed by atoms with Gasteiger partial charge in [0.1, 0.15) is 22.6 Å². The fourth-order valence-corrected chi connectivity index (χ4v) is 11.5. The van der Waals surface area contributed by atoms with Crippen molar-refractivity contribution in [1.82, 2.24) is 14.5 Å². The molecule has 0 unspecified atom stereocenters. The van der Waals surface area contributed by atoms with Gasteiger partial charge in [-0.2, -0.15) is 4.98 Å². The highest BCUT2D eigenvalue weighted by Gasteiger charge is 2.64. The van der Waals surface area contributed by atoms with E-state index in [2.05, 4.69) is 88.8 Å². The molecule has 0 aromatic carbocycles. The predicted molar refractivity (Wildman–Crippen MR) is 160 cm³/mol. The molecule has 3 atom stereocenters. The Morgan fingerprint density at radius 3 is 2.43 bits per heavy atom. The van der Waals surface area contributed by atoms with Gasteiger partial charge in [0.25, 0.3) is 0 Å². The molecule has 2 aliphatic rings. The number of fused-ring (bicyclic) bond motifs is 2. The van der Waals surface area contributed by atoms with Gasteiger partial charge in [0, 0.05) is 24.8 Å². The average molecular weight is 682 g/mol. The Morgan fingerprint density at radius 1 is 1.14 bits per heavy atom. The Morgan fingerprint density at radius 2 is 1.81 bits per heavy atom. The van der Waals surface area contributed by atoms with Gasteiger partial charge < -0.3 is 23.1 Å². The third-order valence-corrected chi connectivity index (χ3v) is 15.3. The number of rotatable bonds is 7. The summed E-state index contributed by atoms with van der Waals surface area (Å²) in [5.74, 6) is 0. The van der Waals surface area contributed by atoms with Gasteiger partial charge >= 0.3 is 14.6 Å². The van der Waals surface area contributed by atoms with Crippen LogP contribution < -0.4 is 4.74 Å². The first-order chi connectivity index (χ1) is 17.0. The van der Waals surface area contributed by atoms with Gasteiger partial charge in [-0.1, -0.05) is 72.8 Å². The number of pyridine rings is 1. The van der Waals surface area contributed by atoms with Crippen LogP contribution >= 0.6 is 34.2 Å². The molecule has 0 amide bonds. The summed E-state index contributed by atoms with van der Waals surface area (Å²) >= 11 is 8.55. The normalized spacial score (nSPS) is 24.5. The van der Waals surface area contributed by atoms with Gasteiger partial charge in [-0.3, -0.25) is 4.57 Å². The lowest BCUT2D eigenvalue weighted by Crippen LogP contribution is -2.65. The van der Waals surface area contributed by atoms with Crippen molar-refractivity contribution in [3.05, 3.63) is 14.8 Å². The average Bonchev–Trinajstić information content (AvgIpc) is 3.30. The Labute approximate surface area is 241 Å². The maximum Gasteiger partial charge on any atom is 0.349 e. The molecule has 12 heteroatoms. The summed E-state index contributed by atoms with van der Waals surface area (Å²) in [5.41, 5.74) is 1.36. The molecule has 2 saturated heterocycles. The van der Waals surface area contributed by atoms with Crippen molar-refractivity contribution in [3.8, 4) is 6.01 Å². The second-order valence-electron chi connectivity index (χ2n) is 13.3. The summed E-state index contributed by atoms with van der Waals surface area (Å²) in [7, 11) is -3.89. The van der Waals surface area contributed by atoms with E-state index in [1.807, 2.05) is 10.6 Å². The topological polar surface area (TPSA) is 76.9 Å². The van der Waals surface area contributed by atoms with Crippen molar-refractivity contribution >= 4 is 62.0 Å². The molecule has 2 fully saturated rings. The van der Waals surface area contributed by atoms with Crippen LogP contribution in [0.5, 0.6) is 6.01 Å². The monoisotopic (exact) mass is 681 g/mol. The highest BCUT2D eigenvalue weighted by atomic mass is 127. The molecule has 4 heterocycles. The molecule has 0 bridgehead atoms. The quantitative estimate of drug-likeness (QED) is 0.141. The van der Waals surface area contributed by atoms with E-state index < -0.39 is 16.6 Å². The van der Waals surface area contributed by atoms with E-state index >= 15 is 0 Å². The van der Waals surface area contributed by atoms with Crippen LogP contribution in [0.4, 0.5) is 0 Å². The summed E-state index contributed by atoms with van der Waals surface area (Å²) in [5, 5.41) is 0.321. The molecular weight excluding hydrogens is 641 g/mol. The van der Waals surface area contributed by atoms with Gasteiger partial charge in [0.15, 0.2) is 11.8 Å². The number of imidazole rings is 1. The summed E-state index contributed by atoms with van der Waals surface area (Å²) in [4.78, 5) is 9.33. The van der Waals surface area contributed by atoms with Gasteiger partial charge in [0.2, 0.25) is 0 Å². The molecule has 4 rings (SSSR count). The maximum absolute atomic E-state index is 6.96. The standard InChI is InChI=1S/C25H41ClIN3O5Si2/c1-24(2,3)37(25(4,5)6)33-14-18-20(35-37)19(13-32-18)34-23-29-22-17(12-16(26)21(27)28-22)30(23)15-31-10-11-36(7,8)9/h12,18-20H,10-11,13-15H2,1-9H3/t18-,19+,20-/m1/s1. The minimum atomic E-state index is -2.67. The van der Waals surface area contributed by atoms with Crippen molar-refractivity contribution in [2.24, 2.45) is 0 Å². The van der Waals surface area contributed by atoms with Crippen molar-refractivity contribution in [1.29, 1.82) is 0 Å². The van der Waals surface area contributed by atoms with Crippen molar-refractivity contribution in [2.45, 2.75) is 102 Å². The van der Waals surface area contributed by atoms with E-state index in [0.29, 0.717) is 46.9 Å². The van der Waals surface area contributed by atoms with Crippen LogP contribution in [0, 0.1) is 3.70 Å². The van der Waals surface area contributed by atoms with Crippen LogP contribution in [0.15, 0.2) is 6.07 Å². The van der Waals surface area contributed by atoms with Crippen LogP contribution in [-0.2, 0) is 25.1 Å². The zero-order valence-corrected chi connectivity index (χ0v) is 28.4. The summed E-state index contributed by atoms with van der Waals surface area (Å²) in [6.07, 6.45) is -0.733. The number of hydrogen-bond donors (Lipinski definition) is 0. The maximum atomic E-state index is 6.96. The Balaban J connectivity index is 1.62. The van der Waals surface area contributed by atoms with E-state index in [1.165, 1.54) is 0 Å². The molecule has 2 aliphatic heterocycles. The van der Waals surface area contributed by atoms with Gasteiger partial charge in [-0.25, -0.2) is 4.98 Å². The number of nitrogens with zero attached hydrogens (tertiary/aromatic N) is 3. The summed E-state index contributed by atoms with van der Waals surface area (Å²) in [6, 6.07) is 3.40. The highest BCUT2D eigenvalue weighted by Crippen LogP contribution is 2.55. The lowest BCUT2D eigenvalue weighted by atomic mass is 10.1. The molecule has 0 saturated carbocycles. The summed E-state index contributed by atoms with van der Waals surface area (Å²) < 4.78 is 34.9. The third-order valence-electron chi connectivity index (χ3n) is 7.03. The smallest absolute Gasteiger partial charge is 0.349 e. The van der Waals surface area contributed by atoms with E-state index in [-0.39, 0.29) is 28.4 Å². The van der Waals surface area contributed by atoms with Crippen LogP contribution in [0.1, 0.15) is 41.5 Å². The predicted octanol–water partition coefficient (Wildman–Crippen LogP) is 6.61. The van der Waals surface area contributed by atoms with Gasteiger partial charge in [-0.15, -0.1) is 0 Å². The molecule has 0 radical (unpaired) electrons. The van der Waals surface area contributed by atoms with E-state index in [9.17, 15) is 0 Å². The zero-order chi connectivity index (χ0) is 27.4. The Bertz CT molecular complexity index is 1110. The zero-order valence-electron chi connectivity index (χ0n) is 23.5. The molecule has 208 valence electrons. The molecule has 0 N–H and O–H groups in total. The van der Waals surface area contributed by atoms with Gasteiger partial charge in [0.05, 0.1) is 23.8 Å². The minimum Gasteiger partial charge on any atom is -0.456 e. The minimum absolute atomic E-state index is 0.127. The lowest BCUT2D eigenvalue weighted by Gasteiger charge is -2.53. The molecule has 2 aromatic rings. The van der Waals surface area contributed by atoms with E-state index in [1.54, 1.807) is 0 Å². The Hall–Kier alpha value is -0.286. The van der Waals surface area contributed by atoms with Gasteiger partial charge in [-0.05, 0) is 34.7 Å². The highest BCUT2D eigenvalue weighted by molar-refractivity contribution is 14.1. The molecule has 2 aromatic heterocycles. The fourth-order valence-electron chi connectivity index (χ4n) is 5.25. The number of ether oxygens (including phenoxy) is 3. The van der Waals surface area contributed by atoms with Crippen molar-refractivity contribution in [2.75, 3.05) is 19.8 Å². The third kappa shape index (κ3) is 6.08. The molecule has 8 nitrogen and oxygen atoms in total. The second kappa shape index (κ2) is 10.6. The molecule has 0 aliphatic carbocycles. The van der Waals surface area contributed by atoms with Crippen LogP contribution in [0.25, 0.3) is 11.2 Å². The lowest BCUT2D eigenvalue weighted by molar-refractivity contribution is -0.0660.